The van der Waals surface area contributed by atoms with Crippen LogP contribution in [-0.4, -0.2) is 19.1 Å². The molecule has 1 unspecified atom stereocenters. The number of hydrogen-bond donors (Lipinski definition) is 2. The summed E-state index contributed by atoms with van der Waals surface area (Å²) in [5.74, 6) is 0.191. The van der Waals surface area contributed by atoms with E-state index < -0.39 is 0 Å². The summed E-state index contributed by atoms with van der Waals surface area (Å²) in [4.78, 5) is 11.8. The average Bonchev–Trinajstić information content (AvgIpc) is 2.62. The Balaban J connectivity index is 3.17. The maximum atomic E-state index is 11.8. The van der Waals surface area contributed by atoms with Crippen molar-refractivity contribution < 1.29 is 4.79 Å². The highest BCUT2D eigenvalue weighted by Gasteiger charge is 2.06. The van der Waals surface area contributed by atoms with E-state index in [-0.39, 0.29) is 12.1 Å². The van der Waals surface area contributed by atoms with Gasteiger partial charge in [-0.2, -0.15) is 0 Å². The zero-order chi connectivity index (χ0) is 18.6. The smallest absolute Gasteiger partial charge is 0.221 e. The van der Waals surface area contributed by atoms with Crippen molar-refractivity contribution in [3.05, 3.63) is 0 Å². The largest absolute Gasteiger partial charge is 0.341 e. The number of carbonyl (C=O) groups is 1. The van der Waals surface area contributed by atoms with Gasteiger partial charge in [-0.25, -0.2) is 0 Å². The normalized spacial score (nSPS) is 12.3. The number of rotatable bonds is 19. The van der Waals surface area contributed by atoms with Gasteiger partial charge >= 0.3 is 0 Å². The van der Waals surface area contributed by atoms with Crippen LogP contribution in [0.25, 0.3) is 0 Å². The Bertz CT molecular complexity index is 277. The summed E-state index contributed by atoms with van der Waals surface area (Å²) in [6.07, 6.45) is 22.2. The van der Waals surface area contributed by atoms with Crippen LogP contribution in [0.1, 0.15) is 123 Å². The molecule has 0 saturated carbocycles. The van der Waals surface area contributed by atoms with Gasteiger partial charge in [0.1, 0.15) is 0 Å². The molecule has 1 amide bonds. The van der Waals surface area contributed by atoms with Crippen molar-refractivity contribution in [2.45, 2.75) is 129 Å². The van der Waals surface area contributed by atoms with Crippen LogP contribution in [0, 0.1) is 0 Å². The Labute approximate surface area is 158 Å². The van der Waals surface area contributed by atoms with Gasteiger partial charge in [-0.15, -0.1) is 0 Å². The minimum Gasteiger partial charge on any atom is -0.341 e. The lowest BCUT2D eigenvalue weighted by atomic mass is 10.0. The molecule has 0 fully saturated rings. The number of carbonyl (C=O) groups excluding carboxylic acids is 1. The SMILES string of the molecule is CCCCCCCCCCCCCCCCCC(=O)NC(CC)NC. The van der Waals surface area contributed by atoms with Crippen molar-refractivity contribution in [2.24, 2.45) is 0 Å². The van der Waals surface area contributed by atoms with E-state index in [2.05, 4.69) is 24.5 Å². The van der Waals surface area contributed by atoms with Gasteiger partial charge in [-0.3, -0.25) is 4.79 Å². The van der Waals surface area contributed by atoms with Gasteiger partial charge in [0.15, 0.2) is 0 Å². The lowest BCUT2D eigenvalue weighted by Crippen LogP contribution is -2.43. The summed E-state index contributed by atoms with van der Waals surface area (Å²) < 4.78 is 0. The van der Waals surface area contributed by atoms with E-state index in [1.165, 1.54) is 89.9 Å². The van der Waals surface area contributed by atoms with E-state index in [9.17, 15) is 4.79 Å². The topological polar surface area (TPSA) is 41.1 Å². The fraction of sp³-hybridized carbons (Fsp3) is 0.955. The van der Waals surface area contributed by atoms with Gasteiger partial charge in [-0.1, -0.05) is 104 Å². The standard InChI is InChI=1S/C22H46N2O/c1-4-6-7-8-9-10-11-12-13-14-15-16-17-18-19-20-22(25)24-21(5-2)23-3/h21,23H,4-20H2,1-3H3,(H,24,25). The maximum absolute atomic E-state index is 11.8. The van der Waals surface area contributed by atoms with Crippen LogP contribution in [0.4, 0.5) is 0 Å². The van der Waals surface area contributed by atoms with E-state index in [1.54, 1.807) is 0 Å². The highest BCUT2D eigenvalue weighted by atomic mass is 16.1. The Kier molecular flexibility index (Phi) is 19.3. The fourth-order valence-electron chi connectivity index (χ4n) is 3.30. The van der Waals surface area contributed by atoms with E-state index in [4.69, 9.17) is 0 Å². The van der Waals surface area contributed by atoms with Gasteiger partial charge in [-0.05, 0) is 19.9 Å². The quantitative estimate of drug-likeness (QED) is 0.210. The van der Waals surface area contributed by atoms with Crippen molar-refractivity contribution in [1.82, 2.24) is 10.6 Å². The number of nitrogens with one attached hydrogen (secondary N) is 2. The molecule has 0 bridgehead atoms. The molecule has 0 rings (SSSR count). The molecule has 0 aliphatic rings. The lowest BCUT2D eigenvalue weighted by molar-refractivity contribution is -0.122. The summed E-state index contributed by atoms with van der Waals surface area (Å²) in [6, 6.07) is 0. The molecule has 0 aliphatic heterocycles. The highest BCUT2D eigenvalue weighted by molar-refractivity contribution is 5.76. The third kappa shape index (κ3) is 18.0. The Morgan fingerprint density at radius 3 is 1.44 bits per heavy atom. The predicted molar refractivity (Wildman–Crippen MR) is 111 cm³/mol. The third-order valence-corrected chi connectivity index (χ3v) is 5.10. The van der Waals surface area contributed by atoms with Crippen molar-refractivity contribution in [1.29, 1.82) is 0 Å². The van der Waals surface area contributed by atoms with Gasteiger partial charge in [0.25, 0.3) is 0 Å². The monoisotopic (exact) mass is 354 g/mol. The molecule has 0 radical (unpaired) electrons. The molecule has 25 heavy (non-hydrogen) atoms. The van der Waals surface area contributed by atoms with Crippen LogP contribution in [0.3, 0.4) is 0 Å². The first-order valence-corrected chi connectivity index (χ1v) is 11.2. The van der Waals surface area contributed by atoms with Gasteiger partial charge < -0.3 is 10.6 Å². The van der Waals surface area contributed by atoms with Crippen LogP contribution in [0.2, 0.25) is 0 Å². The molecule has 0 aromatic heterocycles. The van der Waals surface area contributed by atoms with Crippen molar-refractivity contribution in [2.75, 3.05) is 7.05 Å². The Morgan fingerprint density at radius 2 is 1.08 bits per heavy atom. The van der Waals surface area contributed by atoms with Crippen LogP contribution in [-0.2, 0) is 4.79 Å². The average molecular weight is 355 g/mol. The molecule has 1 atom stereocenters. The van der Waals surface area contributed by atoms with Crippen LogP contribution in [0.5, 0.6) is 0 Å². The van der Waals surface area contributed by atoms with E-state index in [0.717, 1.165) is 12.8 Å². The summed E-state index contributed by atoms with van der Waals surface area (Å²) in [5.41, 5.74) is 0. The summed E-state index contributed by atoms with van der Waals surface area (Å²) in [5, 5.41) is 6.12. The summed E-state index contributed by atoms with van der Waals surface area (Å²) in [7, 11) is 1.89. The second-order valence-electron chi connectivity index (χ2n) is 7.52. The molecule has 0 aliphatic carbocycles. The third-order valence-electron chi connectivity index (χ3n) is 5.10. The lowest BCUT2D eigenvalue weighted by Gasteiger charge is -2.15. The molecule has 3 heteroatoms. The number of hydrogen-bond acceptors (Lipinski definition) is 2. The molecular formula is C22H46N2O. The van der Waals surface area contributed by atoms with Crippen molar-refractivity contribution >= 4 is 5.91 Å². The molecule has 0 aromatic rings. The van der Waals surface area contributed by atoms with Crippen molar-refractivity contribution in [3.63, 3.8) is 0 Å². The second-order valence-corrected chi connectivity index (χ2v) is 7.52. The molecule has 0 saturated heterocycles. The Morgan fingerprint density at radius 1 is 0.680 bits per heavy atom. The molecule has 0 aromatic carbocycles. The molecular weight excluding hydrogens is 308 g/mol. The van der Waals surface area contributed by atoms with Crippen LogP contribution in [0.15, 0.2) is 0 Å². The second kappa shape index (κ2) is 19.8. The fourth-order valence-corrected chi connectivity index (χ4v) is 3.30. The van der Waals surface area contributed by atoms with E-state index in [1.807, 2.05) is 7.05 Å². The maximum Gasteiger partial charge on any atom is 0.221 e. The first-order valence-electron chi connectivity index (χ1n) is 11.2. The van der Waals surface area contributed by atoms with Gasteiger partial charge in [0.2, 0.25) is 5.91 Å². The molecule has 0 heterocycles. The minimum absolute atomic E-state index is 0.129. The van der Waals surface area contributed by atoms with Crippen LogP contribution < -0.4 is 10.6 Å². The zero-order valence-electron chi connectivity index (χ0n) is 17.5. The van der Waals surface area contributed by atoms with Gasteiger partial charge in [0.05, 0.1) is 6.17 Å². The molecule has 3 nitrogen and oxygen atoms in total. The van der Waals surface area contributed by atoms with Gasteiger partial charge in [0, 0.05) is 6.42 Å². The highest BCUT2D eigenvalue weighted by Crippen LogP contribution is 2.13. The summed E-state index contributed by atoms with van der Waals surface area (Å²) in [6.45, 7) is 4.36. The number of unbranched alkanes of at least 4 members (excludes halogenated alkanes) is 14. The number of amides is 1. The molecule has 150 valence electrons. The summed E-state index contributed by atoms with van der Waals surface area (Å²) >= 11 is 0. The van der Waals surface area contributed by atoms with E-state index >= 15 is 0 Å². The first kappa shape index (κ1) is 24.4. The Hall–Kier alpha value is -0.570. The van der Waals surface area contributed by atoms with Crippen molar-refractivity contribution in [3.8, 4) is 0 Å². The molecule has 0 spiro atoms. The predicted octanol–water partition coefficient (Wildman–Crippen LogP) is 6.32. The minimum atomic E-state index is 0.129. The molecule has 2 N–H and O–H groups in total. The van der Waals surface area contributed by atoms with Crippen LogP contribution >= 0.6 is 0 Å². The van der Waals surface area contributed by atoms with E-state index in [0.29, 0.717) is 6.42 Å². The zero-order valence-corrected chi connectivity index (χ0v) is 17.5. The first-order chi connectivity index (χ1) is 12.2.